The highest BCUT2D eigenvalue weighted by atomic mass is 35.5. The van der Waals surface area contributed by atoms with Gasteiger partial charge in [0.1, 0.15) is 11.4 Å². The third-order valence-electron chi connectivity index (χ3n) is 4.25. The first kappa shape index (κ1) is 20.8. The minimum absolute atomic E-state index is 0.319. The third kappa shape index (κ3) is 4.45. The molecular formula is C22H26ClNO3. The lowest BCUT2D eigenvalue weighted by Gasteiger charge is -2.11. The number of aromatic nitrogens is 1. The molecule has 3 aromatic rings. The summed E-state index contributed by atoms with van der Waals surface area (Å²) >= 11 is 6.15. The maximum Gasteiger partial charge on any atom is 0.355 e. The average Bonchev–Trinajstić information content (AvgIpc) is 2.95. The second kappa shape index (κ2) is 9.47. The molecule has 0 aliphatic carbocycles. The van der Waals surface area contributed by atoms with Crippen molar-refractivity contribution in [2.75, 3.05) is 13.7 Å². The van der Waals surface area contributed by atoms with E-state index in [0.717, 1.165) is 27.8 Å². The van der Waals surface area contributed by atoms with Gasteiger partial charge in [-0.15, -0.1) is 0 Å². The molecule has 0 fully saturated rings. The van der Waals surface area contributed by atoms with E-state index in [1.165, 1.54) is 0 Å². The van der Waals surface area contributed by atoms with Crippen molar-refractivity contribution in [1.29, 1.82) is 0 Å². The minimum atomic E-state index is -0.319. The van der Waals surface area contributed by atoms with Crippen molar-refractivity contribution in [3.05, 3.63) is 64.3 Å². The number of aryl methyl sites for hydroxylation is 1. The van der Waals surface area contributed by atoms with Gasteiger partial charge in [-0.1, -0.05) is 37.6 Å². The fourth-order valence-electron chi connectivity index (χ4n) is 3.03. The van der Waals surface area contributed by atoms with Crippen LogP contribution in [0.3, 0.4) is 0 Å². The summed E-state index contributed by atoms with van der Waals surface area (Å²) in [7, 11) is 1.64. The Kier molecular flexibility index (Phi) is 7.31. The van der Waals surface area contributed by atoms with Crippen LogP contribution in [0, 0.1) is 6.92 Å². The number of carbonyl (C=O) groups excluding carboxylic acids is 1. The zero-order chi connectivity index (χ0) is 20.0. The molecule has 0 aliphatic rings. The first-order valence-corrected chi connectivity index (χ1v) is 9.51. The van der Waals surface area contributed by atoms with Crippen LogP contribution in [0.25, 0.3) is 10.9 Å². The molecule has 1 aromatic heterocycles. The average molecular weight is 388 g/mol. The molecule has 0 saturated heterocycles. The lowest BCUT2D eigenvalue weighted by molar-refractivity contribution is 0.0514. The molecule has 27 heavy (non-hydrogen) atoms. The topological polar surface area (TPSA) is 40.5 Å². The molecule has 0 N–H and O–H groups in total. The van der Waals surface area contributed by atoms with E-state index in [-0.39, 0.29) is 5.97 Å². The van der Waals surface area contributed by atoms with Crippen molar-refractivity contribution in [3.63, 3.8) is 0 Å². The number of hydrogen-bond donors (Lipinski definition) is 0. The maximum atomic E-state index is 12.5. The van der Waals surface area contributed by atoms with Gasteiger partial charge < -0.3 is 14.0 Å². The molecule has 144 valence electrons. The molecule has 0 bridgehead atoms. The van der Waals surface area contributed by atoms with Gasteiger partial charge in [0, 0.05) is 22.5 Å². The van der Waals surface area contributed by atoms with Crippen molar-refractivity contribution in [2.24, 2.45) is 0 Å². The first-order valence-electron chi connectivity index (χ1n) is 9.13. The lowest BCUT2D eigenvalue weighted by Crippen LogP contribution is -2.14. The maximum absolute atomic E-state index is 12.5. The Labute approximate surface area is 165 Å². The van der Waals surface area contributed by atoms with Crippen molar-refractivity contribution in [1.82, 2.24) is 4.57 Å². The highest BCUT2D eigenvalue weighted by Crippen LogP contribution is 2.30. The van der Waals surface area contributed by atoms with Crippen LogP contribution in [-0.4, -0.2) is 24.3 Å². The van der Waals surface area contributed by atoms with Crippen molar-refractivity contribution < 1.29 is 14.3 Å². The number of methoxy groups -OCH3 is 1. The predicted molar refractivity (Wildman–Crippen MR) is 111 cm³/mol. The highest BCUT2D eigenvalue weighted by Gasteiger charge is 2.21. The van der Waals surface area contributed by atoms with Crippen molar-refractivity contribution in [2.45, 2.75) is 34.2 Å². The molecule has 2 aromatic carbocycles. The van der Waals surface area contributed by atoms with E-state index in [2.05, 4.69) is 0 Å². The van der Waals surface area contributed by atoms with E-state index in [4.69, 9.17) is 21.1 Å². The SMILES string of the molecule is CC.CCOC(=O)c1c(C)c2cc(Cl)ccc2n1Cc1ccc(OC)cc1. The summed E-state index contributed by atoms with van der Waals surface area (Å²) in [4.78, 5) is 12.5. The highest BCUT2D eigenvalue weighted by molar-refractivity contribution is 6.31. The smallest absolute Gasteiger partial charge is 0.355 e. The van der Waals surface area contributed by atoms with Crippen LogP contribution in [-0.2, 0) is 11.3 Å². The third-order valence-corrected chi connectivity index (χ3v) is 4.48. The summed E-state index contributed by atoms with van der Waals surface area (Å²) in [6, 6.07) is 13.5. The van der Waals surface area contributed by atoms with Gasteiger partial charge in [0.2, 0.25) is 0 Å². The summed E-state index contributed by atoms with van der Waals surface area (Å²) in [6.07, 6.45) is 0. The standard InChI is InChI=1S/C20H20ClNO3.C2H6/c1-4-25-20(23)19-13(2)17-11-15(21)7-10-18(17)22(19)12-14-5-8-16(24-3)9-6-14;1-2/h5-11H,4,12H2,1-3H3;1-2H3. The molecule has 0 spiro atoms. The number of benzene rings is 2. The van der Waals surface area contributed by atoms with E-state index < -0.39 is 0 Å². The molecule has 0 radical (unpaired) electrons. The van der Waals surface area contributed by atoms with Gasteiger partial charge >= 0.3 is 5.97 Å². The molecule has 3 rings (SSSR count). The van der Waals surface area contributed by atoms with Crippen LogP contribution in [0.1, 0.15) is 42.4 Å². The minimum Gasteiger partial charge on any atom is -0.497 e. The van der Waals surface area contributed by atoms with Crippen molar-refractivity contribution in [3.8, 4) is 5.75 Å². The Morgan fingerprint density at radius 1 is 1.11 bits per heavy atom. The van der Waals surface area contributed by atoms with Gasteiger partial charge in [-0.05, 0) is 55.3 Å². The molecule has 1 heterocycles. The summed E-state index contributed by atoms with van der Waals surface area (Å²) in [5.41, 5.74) is 3.47. The number of rotatable bonds is 5. The van der Waals surface area contributed by atoms with Crippen LogP contribution < -0.4 is 4.74 Å². The van der Waals surface area contributed by atoms with Crippen LogP contribution in [0.4, 0.5) is 0 Å². The number of ether oxygens (including phenoxy) is 2. The van der Waals surface area contributed by atoms with Gasteiger partial charge in [0.25, 0.3) is 0 Å². The first-order chi connectivity index (χ1) is 13.0. The summed E-state index contributed by atoms with van der Waals surface area (Å²) in [6.45, 7) is 8.63. The summed E-state index contributed by atoms with van der Waals surface area (Å²) in [5, 5.41) is 1.61. The van der Waals surface area contributed by atoms with Crippen LogP contribution in [0.2, 0.25) is 5.02 Å². The zero-order valence-corrected chi connectivity index (χ0v) is 17.3. The molecule has 0 atom stereocenters. The fourth-order valence-corrected chi connectivity index (χ4v) is 3.21. The Morgan fingerprint density at radius 2 is 1.78 bits per heavy atom. The quantitative estimate of drug-likeness (QED) is 0.514. The number of esters is 1. The van der Waals surface area contributed by atoms with Gasteiger partial charge in [-0.25, -0.2) is 4.79 Å². The van der Waals surface area contributed by atoms with Gasteiger partial charge in [0.15, 0.2) is 0 Å². The molecular weight excluding hydrogens is 362 g/mol. The Morgan fingerprint density at radius 3 is 2.37 bits per heavy atom. The predicted octanol–water partition coefficient (Wildman–Crippen LogP) is 5.86. The van der Waals surface area contributed by atoms with Crippen molar-refractivity contribution >= 4 is 28.5 Å². The van der Waals surface area contributed by atoms with E-state index in [9.17, 15) is 4.79 Å². The van der Waals surface area contributed by atoms with Gasteiger partial charge in [-0.2, -0.15) is 0 Å². The largest absolute Gasteiger partial charge is 0.497 e. The van der Waals surface area contributed by atoms with E-state index in [1.807, 2.05) is 67.8 Å². The Hall–Kier alpha value is -2.46. The van der Waals surface area contributed by atoms with Crippen LogP contribution >= 0.6 is 11.6 Å². The molecule has 0 aliphatic heterocycles. The zero-order valence-electron chi connectivity index (χ0n) is 16.5. The van der Waals surface area contributed by atoms with Crippen LogP contribution in [0.5, 0.6) is 5.75 Å². The number of halogens is 1. The molecule has 0 unspecified atom stereocenters. The van der Waals surface area contributed by atoms with Gasteiger partial charge in [0.05, 0.1) is 13.7 Å². The molecule has 0 saturated carbocycles. The Bertz CT molecular complexity index is 913. The second-order valence-corrected chi connectivity index (χ2v) is 6.23. The fraction of sp³-hybridized carbons (Fsp3) is 0.318. The van der Waals surface area contributed by atoms with E-state index in [0.29, 0.717) is 23.9 Å². The van der Waals surface area contributed by atoms with E-state index in [1.54, 1.807) is 14.0 Å². The number of hydrogen-bond acceptors (Lipinski definition) is 3. The molecule has 5 heteroatoms. The molecule has 4 nitrogen and oxygen atoms in total. The van der Waals surface area contributed by atoms with E-state index >= 15 is 0 Å². The number of nitrogens with zero attached hydrogens (tertiary/aromatic N) is 1. The van der Waals surface area contributed by atoms with Crippen LogP contribution in [0.15, 0.2) is 42.5 Å². The number of fused-ring (bicyclic) bond motifs is 1. The lowest BCUT2D eigenvalue weighted by atomic mass is 10.1. The summed E-state index contributed by atoms with van der Waals surface area (Å²) < 4.78 is 12.5. The number of carbonyl (C=O) groups is 1. The second-order valence-electron chi connectivity index (χ2n) is 5.79. The normalized spacial score (nSPS) is 10.3. The Balaban J connectivity index is 0.00000126. The monoisotopic (exact) mass is 387 g/mol. The summed E-state index contributed by atoms with van der Waals surface area (Å²) in [5.74, 6) is 0.482. The van der Waals surface area contributed by atoms with Gasteiger partial charge in [-0.3, -0.25) is 0 Å². The molecule has 0 amide bonds.